The summed E-state index contributed by atoms with van der Waals surface area (Å²) in [7, 11) is 0. The van der Waals surface area contributed by atoms with E-state index in [2.05, 4.69) is 6.58 Å². The number of carbonyl (C=O) groups excluding carboxylic acids is 1. The zero-order chi connectivity index (χ0) is 14.7. The van der Waals surface area contributed by atoms with Gasteiger partial charge in [0.25, 0.3) is 0 Å². The van der Waals surface area contributed by atoms with Gasteiger partial charge in [0, 0.05) is 25.3 Å². The molecule has 1 amide bonds. The van der Waals surface area contributed by atoms with Crippen molar-refractivity contribution < 1.29 is 19.8 Å². The van der Waals surface area contributed by atoms with Gasteiger partial charge >= 0.3 is 5.97 Å². The van der Waals surface area contributed by atoms with Crippen molar-refractivity contribution in [2.75, 3.05) is 6.54 Å². The summed E-state index contributed by atoms with van der Waals surface area (Å²) in [6.07, 6.45) is 2.18. The maximum atomic E-state index is 11.9. The molecule has 0 radical (unpaired) electrons. The zero-order valence-corrected chi connectivity index (χ0v) is 11.0. The smallest absolute Gasteiger partial charge is 0.326 e. The van der Waals surface area contributed by atoms with Crippen molar-refractivity contribution >= 4 is 11.9 Å². The maximum Gasteiger partial charge on any atom is 0.326 e. The molecule has 20 heavy (non-hydrogen) atoms. The van der Waals surface area contributed by atoms with Crippen LogP contribution in [-0.4, -0.2) is 39.6 Å². The highest BCUT2D eigenvalue weighted by Gasteiger charge is 2.36. The van der Waals surface area contributed by atoms with Crippen molar-refractivity contribution in [3.05, 3.63) is 42.5 Å². The van der Waals surface area contributed by atoms with E-state index in [9.17, 15) is 19.8 Å². The molecule has 2 atom stereocenters. The summed E-state index contributed by atoms with van der Waals surface area (Å²) in [5, 5.41) is 18.8. The molecule has 2 unspecified atom stereocenters. The van der Waals surface area contributed by atoms with Gasteiger partial charge < -0.3 is 15.1 Å². The molecule has 1 fully saturated rings. The van der Waals surface area contributed by atoms with Crippen LogP contribution >= 0.6 is 0 Å². The fraction of sp³-hybridized carbons (Fsp3) is 0.333. The number of benzene rings is 1. The van der Waals surface area contributed by atoms with Crippen molar-refractivity contribution in [2.24, 2.45) is 5.92 Å². The number of amides is 1. The first-order valence-electron chi connectivity index (χ1n) is 6.44. The Bertz CT molecular complexity index is 540. The number of aromatic hydroxyl groups is 1. The Labute approximate surface area is 117 Å². The van der Waals surface area contributed by atoms with E-state index in [1.165, 1.54) is 17.0 Å². The lowest BCUT2D eigenvalue weighted by atomic mass is 10.0. The Balaban J connectivity index is 2.18. The van der Waals surface area contributed by atoms with E-state index in [1.54, 1.807) is 18.2 Å². The Kier molecular flexibility index (Phi) is 4.08. The van der Waals surface area contributed by atoms with Crippen LogP contribution in [0.25, 0.3) is 0 Å². The number of hydrogen-bond donors (Lipinski definition) is 2. The number of phenols is 1. The molecule has 0 bridgehead atoms. The molecule has 2 rings (SSSR count). The molecular weight excluding hydrogens is 258 g/mol. The highest BCUT2D eigenvalue weighted by Crippen LogP contribution is 2.23. The predicted molar refractivity (Wildman–Crippen MR) is 73.3 cm³/mol. The molecule has 106 valence electrons. The predicted octanol–water partition coefficient (Wildman–Crippen LogP) is 1.42. The molecule has 2 N–H and O–H groups in total. The van der Waals surface area contributed by atoms with Crippen LogP contribution in [0.4, 0.5) is 0 Å². The number of rotatable bonds is 5. The fourth-order valence-electron chi connectivity index (χ4n) is 2.46. The Morgan fingerprint density at radius 2 is 2.30 bits per heavy atom. The number of hydrogen-bond acceptors (Lipinski definition) is 3. The van der Waals surface area contributed by atoms with Crippen molar-refractivity contribution in [3.8, 4) is 5.75 Å². The van der Waals surface area contributed by atoms with Crippen molar-refractivity contribution in [1.82, 2.24) is 4.90 Å². The zero-order valence-electron chi connectivity index (χ0n) is 11.0. The molecule has 1 aromatic carbocycles. The summed E-state index contributed by atoms with van der Waals surface area (Å²) in [6, 6.07) is 5.52. The first kappa shape index (κ1) is 14.1. The molecule has 1 aliphatic heterocycles. The monoisotopic (exact) mass is 275 g/mol. The molecule has 1 aromatic rings. The van der Waals surface area contributed by atoms with Gasteiger partial charge in [0.05, 0.1) is 0 Å². The van der Waals surface area contributed by atoms with Gasteiger partial charge in [-0.05, 0) is 17.7 Å². The lowest BCUT2D eigenvalue weighted by Crippen LogP contribution is -2.43. The molecule has 5 nitrogen and oxygen atoms in total. The second-order valence-corrected chi connectivity index (χ2v) is 4.97. The summed E-state index contributed by atoms with van der Waals surface area (Å²) in [4.78, 5) is 24.7. The number of carboxylic acid groups (broad SMARTS) is 1. The molecule has 5 heteroatoms. The number of carboxylic acids is 1. The van der Waals surface area contributed by atoms with E-state index in [0.717, 1.165) is 0 Å². The number of likely N-dealkylation sites (tertiary alicyclic amines) is 1. The number of aliphatic carboxylic acids is 1. The molecular formula is C15H17NO4. The van der Waals surface area contributed by atoms with Crippen molar-refractivity contribution in [3.63, 3.8) is 0 Å². The van der Waals surface area contributed by atoms with Crippen LogP contribution in [-0.2, 0) is 16.0 Å². The van der Waals surface area contributed by atoms with Gasteiger partial charge in [-0.1, -0.05) is 18.2 Å². The maximum absolute atomic E-state index is 11.9. The van der Waals surface area contributed by atoms with E-state index in [0.29, 0.717) is 18.5 Å². The molecule has 1 heterocycles. The molecule has 0 spiro atoms. The minimum Gasteiger partial charge on any atom is -0.508 e. The van der Waals surface area contributed by atoms with Crippen molar-refractivity contribution in [2.45, 2.75) is 18.9 Å². The Morgan fingerprint density at radius 1 is 1.55 bits per heavy atom. The van der Waals surface area contributed by atoms with Crippen LogP contribution in [0.1, 0.15) is 12.0 Å². The molecule has 1 saturated heterocycles. The average molecular weight is 275 g/mol. The number of nitrogens with zero attached hydrogens (tertiary/aromatic N) is 1. The fourth-order valence-corrected chi connectivity index (χ4v) is 2.46. The number of carbonyl (C=O) groups is 2. The van der Waals surface area contributed by atoms with Gasteiger partial charge in [-0.2, -0.15) is 0 Å². The summed E-state index contributed by atoms with van der Waals surface area (Å²) in [6.45, 7) is 4.04. The molecule has 0 saturated carbocycles. The van der Waals surface area contributed by atoms with Gasteiger partial charge in [-0.3, -0.25) is 4.79 Å². The quantitative estimate of drug-likeness (QED) is 0.797. The third-order valence-electron chi connectivity index (χ3n) is 3.52. The summed E-state index contributed by atoms with van der Waals surface area (Å²) in [5.74, 6) is -1.11. The van der Waals surface area contributed by atoms with Crippen LogP contribution in [0.3, 0.4) is 0 Å². The lowest BCUT2D eigenvalue weighted by Gasteiger charge is -2.24. The average Bonchev–Trinajstić information content (AvgIpc) is 2.77. The largest absolute Gasteiger partial charge is 0.508 e. The summed E-state index contributed by atoms with van der Waals surface area (Å²) in [5.41, 5.74) is 0.687. The van der Waals surface area contributed by atoms with Crippen LogP contribution < -0.4 is 0 Å². The minimum absolute atomic E-state index is 0.00789. The SMILES string of the molecule is C=CC1CC(=O)N(C(Cc2cccc(O)c2)C(=O)O)C1. The van der Waals surface area contributed by atoms with Crippen molar-refractivity contribution in [1.29, 1.82) is 0 Å². The van der Waals surface area contributed by atoms with Gasteiger partial charge in [-0.15, -0.1) is 6.58 Å². The topological polar surface area (TPSA) is 77.8 Å². The van der Waals surface area contributed by atoms with E-state index in [4.69, 9.17) is 0 Å². The van der Waals surface area contributed by atoms with Gasteiger partial charge in [-0.25, -0.2) is 4.79 Å². The van der Waals surface area contributed by atoms with E-state index < -0.39 is 12.0 Å². The van der Waals surface area contributed by atoms with Crippen LogP contribution in [0.2, 0.25) is 0 Å². The van der Waals surface area contributed by atoms with E-state index >= 15 is 0 Å². The Morgan fingerprint density at radius 3 is 2.85 bits per heavy atom. The lowest BCUT2D eigenvalue weighted by molar-refractivity contribution is -0.148. The number of phenolic OH excluding ortho intramolecular Hbond substituents is 1. The normalized spacial score (nSPS) is 19.9. The summed E-state index contributed by atoms with van der Waals surface area (Å²) < 4.78 is 0. The highest BCUT2D eigenvalue weighted by atomic mass is 16.4. The van der Waals surface area contributed by atoms with Crippen LogP contribution in [0, 0.1) is 5.92 Å². The standard InChI is InChI=1S/C15H17NO4/c1-2-10-8-14(18)16(9-10)13(15(19)20)7-11-4-3-5-12(17)6-11/h2-6,10,13,17H,1,7-9H2,(H,19,20). The first-order valence-corrected chi connectivity index (χ1v) is 6.44. The second kappa shape index (κ2) is 5.77. The second-order valence-electron chi connectivity index (χ2n) is 4.97. The third-order valence-corrected chi connectivity index (χ3v) is 3.52. The first-order chi connectivity index (χ1) is 9.51. The highest BCUT2D eigenvalue weighted by molar-refractivity contribution is 5.85. The van der Waals surface area contributed by atoms with Gasteiger partial charge in [0.15, 0.2) is 0 Å². The van der Waals surface area contributed by atoms with Gasteiger partial charge in [0.1, 0.15) is 11.8 Å². The Hall–Kier alpha value is -2.30. The van der Waals surface area contributed by atoms with Gasteiger partial charge in [0.2, 0.25) is 5.91 Å². The van der Waals surface area contributed by atoms with Crippen LogP contribution in [0.5, 0.6) is 5.75 Å². The third kappa shape index (κ3) is 2.99. The molecule has 0 aromatic heterocycles. The molecule has 1 aliphatic rings. The van der Waals surface area contributed by atoms with Crippen LogP contribution in [0.15, 0.2) is 36.9 Å². The minimum atomic E-state index is -1.04. The van der Waals surface area contributed by atoms with E-state index in [-0.39, 0.29) is 24.0 Å². The molecule has 0 aliphatic carbocycles. The summed E-state index contributed by atoms with van der Waals surface area (Å²) >= 11 is 0. The van der Waals surface area contributed by atoms with E-state index in [1.807, 2.05) is 0 Å².